The third kappa shape index (κ3) is 2.75. The minimum absolute atomic E-state index is 0.0624. The Bertz CT molecular complexity index is 757. The lowest BCUT2D eigenvalue weighted by Gasteiger charge is -2.21. The summed E-state index contributed by atoms with van der Waals surface area (Å²) >= 11 is 0. The van der Waals surface area contributed by atoms with Gasteiger partial charge in [0.2, 0.25) is 0 Å². The molecule has 1 N–H and O–H groups in total. The highest BCUT2D eigenvalue weighted by atomic mass is 16.5. The lowest BCUT2D eigenvalue weighted by Crippen LogP contribution is -2.22. The van der Waals surface area contributed by atoms with E-state index in [1.165, 1.54) is 0 Å². The Morgan fingerprint density at radius 3 is 2.39 bits per heavy atom. The molecule has 23 heavy (non-hydrogen) atoms. The van der Waals surface area contributed by atoms with E-state index < -0.39 is 0 Å². The van der Waals surface area contributed by atoms with Gasteiger partial charge in [-0.15, -0.1) is 0 Å². The number of hydrogen-bond acceptors (Lipinski definition) is 5. The predicted octanol–water partition coefficient (Wildman–Crippen LogP) is 2.71. The SMILES string of the molecule is COc1ccc2c(c1)-c1cc(OC)c(OC)cc1NC(=O)CO2. The molecule has 6 nitrogen and oxygen atoms in total. The molecule has 0 saturated heterocycles. The molecule has 0 spiro atoms. The van der Waals surface area contributed by atoms with Gasteiger partial charge in [0.05, 0.1) is 27.0 Å². The average molecular weight is 315 g/mol. The number of anilines is 1. The zero-order valence-corrected chi connectivity index (χ0v) is 13.1. The molecule has 2 aromatic rings. The smallest absolute Gasteiger partial charge is 0.262 e. The van der Waals surface area contributed by atoms with Crippen LogP contribution in [0.3, 0.4) is 0 Å². The molecule has 0 atom stereocenters. The highest BCUT2D eigenvalue weighted by molar-refractivity contribution is 5.99. The molecule has 2 aromatic carbocycles. The van der Waals surface area contributed by atoms with Crippen molar-refractivity contribution in [1.29, 1.82) is 0 Å². The molecule has 0 radical (unpaired) electrons. The predicted molar refractivity (Wildman–Crippen MR) is 85.7 cm³/mol. The number of amides is 1. The van der Waals surface area contributed by atoms with Crippen LogP contribution >= 0.6 is 0 Å². The Labute approximate surface area is 133 Å². The lowest BCUT2D eigenvalue weighted by molar-refractivity contribution is -0.118. The van der Waals surface area contributed by atoms with E-state index in [0.29, 0.717) is 28.7 Å². The summed E-state index contributed by atoms with van der Waals surface area (Å²) in [6.45, 7) is -0.0624. The van der Waals surface area contributed by atoms with E-state index in [9.17, 15) is 4.79 Å². The van der Waals surface area contributed by atoms with Crippen molar-refractivity contribution >= 4 is 11.6 Å². The topological polar surface area (TPSA) is 66.0 Å². The minimum atomic E-state index is -0.236. The quantitative estimate of drug-likeness (QED) is 0.943. The number of nitrogens with one attached hydrogen (secondary N) is 1. The normalized spacial score (nSPS) is 12.7. The largest absolute Gasteiger partial charge is 0.497 e. The highest BCUT2D eigenvalue weighted by Gasteiger charge is 2.21. The van der Waals surface area contributed by atoms with Crippen LogP contribution in [0.1, 0.15) is 0 Å². The molecule has 1 aliphatic heterocycles. The van der Waals surface area contributed by atoms with Crippen LogP contribution in [0.2, 0.25) is 0 Å². The maximum absolute atomic E-state index is 12.0. The fraction of sp³-hybridized carbons (Fsp3) is 0.235. The monoisotopic (exact) mass is 315 g/mol. The van der Waals surface area contributed by atoms with Gasteiger partial charge in [0.25, 0.3) is 5.91 Å². The molecule has 120 valence electrons. The fourth-order valence-electron chi connectivity index (χ4n) is 2.51. The first-order valence-corrected chi connectivity index (χ1v) is 7.03. The number of carbonyl (C=O) groups is 1. The maximum atomic E-state index is 12.0. The highest BCUT2D eigenvalue weighted by Crippen LogP contribution is 2.43. The summed E-state index contributed by atoms with van der Waals surface area (Å²) < 4.78 is 21.6. The van der Waals surface area contributed by atoms with Crippen molar-refractivity contribution in [3.8, 4) is 34.1 Å². The van der Waals surface area contributed by atoms with Crippen molar-refractivity contribution in [1.82, 2.24) is 0 Å². The first-order chi connectivity index (χ1) is 11.2. The van der Waals surface area contributed by atoms with Crippen LogP contribution in [0, 0.1) is 0 Å². The molecule has 0 fully saturated rings. The van der Waals surface area contributed by atoms with Gasteiger partial charge in [-0.3, -0.25) is 4.79 Å². The van der Waals surface area contributed by atoms with Crippen molar-refractivity contribution in [2.45, 2.75) is 0 Å². The summed E-state index contributed by atoms with van der Waals surface area (Å²) in [4.78, 5) is 12.0. The Kier molecular flexibility index (Phi) is 3.97. The van der Waals surface area contributed by atoms with Crippen molar-refractivity contribution in [3.05, 3.63) is 30.3 Å². The molecule has 0 saturated carbocycles. The number of fused-ring (bicyclic) bond motifs is 3. The van der Waals surface area contributed by atoms with Crippen LogP contribution < -0.4 is 24.3 Å². The second-order valence-corrected chi connectivity index (χ2v) is 4.95. The van der Waals surface area contributed by atoms with E-state index >= 15 is 0 Å². The summed E-state index contributed by atoms with van der Waals surface area (Å²) in [6, 6.07) is 8.98. The number of methoxy groups -OCH3 is 3. The molecule has 1 aliphatic rings. The molecule has 0 bridgehead atoms. The molecule has 1 amide bonds. The molecule has 1 heterocycles. The van der Waals surface area contributed by atoms with E-state index in [1.54, 1.807) is 45.6 Å². The lowest BCUT2D eigenvalue weighted by atomic mass is 10.0. The molecule has 0 unspecified atom stereocenters. The third-order valence-electron chi connectivity index (χ3n) is 3.63. The molecule has 6 heteroatoms. The summed E-state index contributed by atoms with van der Waals surface area (Å²) in [5, 5.41) is 2.83. The Balaban J connectivity index is 2.26. The van der Waals surface area contributed by atoms with Gasteiger partial charge in [-0.05, 0) is 24.3 Å². The molecule has 0 aromatic heterocycles. The van der Waals surface area contributed by atoms with Crippen LogP contribution in [-0.2, 0) is 4.79 Å². The zero-order chi connectivity index (χ0) is 16.4. The van der Waals surface area contributed by atoms with Gasteiger partial charge in [-0.2, -0.15) is 0 Å². The number of benzene rings is 2. The van der Waals surface area contributed by atoms with Crippen LogP contribution in [0.25, 0.3) is 11.1 Å². The van der Waals surface area contributed by atoms with E-state index in [0.717, 1.165) is 11.1 Å². The van der Waals surface area contributed by atoms with E-state index in [1.807, 2.05) is 6.07 Å². The van der Waals surface area contributed by atoms with Crippen LogP contribution in [0.15, 0.2) is 30.3 Å². The van der Waals surface area contributed by atoms with E-state index in [2.05, 4.69) is 5.32 Å². The zero-order valence-electron chi connectivity index (χ0n) is 13.1. The van der Waals surface area contributed by atoms with Crippen LogP contribution in [0.5, 0.6) is 23.0 Å². The minimum Gasteiger partial charge on any atom is -0.497 e. The van der Waals surface area contributed by atoms with Gasteiger partial charge in [0, 0.05) is 17.2 Å². The maximum Gasteiger partial charge on any atom is 0.262 e. The first-order valence-electron chi connectivity index (χ1n) is 7.03. The van der Waals surface area contributed by atoms with Crippen LogP contribution in [0.4, 0.5) is 5.69 Å². The van der Waals surface area contributed by atoms with E-state index in [-0.39, 0.29) is 12.5 Å². The Morgan fingerprint density at radius 2 is 1.70 bits per heavy atom. The summed E-state index contributed by atoms with van der Waals surface area (Å²) in [7, 11) is 4.71. The molecule has 0 aliphatic carbocycles. The number of hydrogen-bond donors (Lipinski definition) is 1. The van der Waals surface area contributed by atoms with Crippen molar-refractivity contribution in [2.24, 2.45) is 0 Å². The summed E-state index contributed by atoms with van der Waals surface area (Å²) in [6.07, 6.45) is 0. The number of carbonyl (C=O) groups excluding carboxylic acids is 1. The molecule has 3 rings (SSSR count). The van der Waals surface area contributed by atoms with Crippen molar-refractivity contribution < 1.29 is 23.7 Å². The van der Waals surface area contributed by atoms with Gasteiger partial charge < -0.3 is 24.3 Å². The van der Waals surface area contributed by atoms with Crippen molar-refractivity contribution in [3.63, 3.8) is 0 Å². The van der Waals surface area contributed by atoms with Gasteiger partial charge >= 0.3 is 0 Å². The van der Waals surface area contributed by atoms with E-state index in [4.69, 9.17) is 18.9 Å². The standard InChI is InChI=1S/C17H17NO5/c1-20-10-4-5-14-12(6-10)11-7-15(21-2)16(22-3)8-13(11)18-17(19)9-23-14/h4-8H,9H2,1-3H3,(H,18,19). The average Bonchev–Trinajstić information content (AvgIpc) is 2.58. The molecular formula is C17H17NO5. The Hall–Kier alpha value is -2.89. The van der Waals surface area contributed by atoms with Gasteiger partial charge in [-0.1, -0.05) is 0 Å². The second kappa shape index (κ2) is 6.08. The van der Waals surface area contributed by atoms with Crippen LogP contribution in [-0.4, -0.2) is 33.8 Å². The second-order valence-electron chi connectivity index (χ2n) is 4.95. The first kappa shape index (κ1) is 15.0. The Morgan fingerprint density at radius 1 is 0.957 bits per heavy atom. The summed E-state index contributed by atoms with van der Waals surface area (Å²) in [5.74, 6) is 2.17. The third-order valence-corrected chi connectivity index (χ3v) is 3.63. The number of ether oxygens (including phenoxy) is 4. The van der Waals surface area contributed by atoms with Gasteiger partial charge in [0.1, 0.15) is 11.5 Å². The summed E-state index contributed by atoms with van der Waals surface area (Å²) in [5.41, 5.74) is 2.20. The fourth-order valence-corrected chi connectivity index (χ4v) is 2.51. The number of rotatable bonds is 3. The van der Waals surface area contributed by atoms with Gasteiger partial charge in [0.15, 0.2) is 18.1 Å². The van der Waals surface area contributed by atoms with Gasteiger partial charge in [-0.25, -0.2) is 0 Å². The van der Waals surface area contributed by atoms with Crippen molar-refractivity contribution in [2.75, 3.05) is 33.3 Å². The molecular weight excluding hydrogens is 298 g/mol.